The van der Waals surface area contributed by atoms with Crippen LogP contribution in [0.25, 0.3) is 0 Å². The van der Waals surface area contributed by atoms with Crippen LogP contribution in [0, 0.1) is 0 Å². The zero-order valence-corrected chi connectivity index (χ0v) is 13.9. The molecule has 1 heterocycles. The molecule has 0 aliphatic carbocycles. The predicted octanol–water partition coefficient (Wildman–Crippen LogP) is 2.59. The van der Waals surface area contributed by atoms with E-state index in [0.717, 1.165) is 11.8 Å². The van der Waals surface area contributed by atoms with Gasteiger partial charge in [-0.1, -0.05) is 29.4 Å². The number of carboxylic acid groups (broad SMARTS) is 1. The fourth-order valence-corrected chi connectivity index (χ4v) is 2.54. The van der Waals surface area contributed by atoms with E-state index in [2.05, 4.69) is 20.5 Å². The maximum absolute atomic E-state index is 11.8. The van der Waals surface area contributed by atoms with Gasteiger partial charge in [0, 0.05) is 17.1 Å². The molecule has 0 bridgehead atoms. The summed E-state index contributed by atoms with van der Waals surface area (Å²) in [5, 5.41) is 19.3. The van der Waals surface area contributed by atoms with Crippen LogP contribution in [-0.4, -0.2) is 39.9 Å². The highest BCUT2D eigenvalue weighted by atomic mass is 35.5. The molecule has 1 aliphatic heterocycles. The molecule has 1 atom stereocenters. The fraction of sp³-hybridized carbons (Fsp3) is 0.286. The molecule has 0 fully saturated rings. The third-order valence-electron chi connectivity index (χ3n) is 2.85. The van der Waals surface area contributed by atoms with Crippen LogP contribution in [0.3, 0.4) is 0 Å². The van der Waals surface area contributed by atoms with Crippen molar-refractivity contribution < 1.29 is 19.5 Å². The van der Waals surface area contributed by atoms with Crippen LogP contribution in [-0.2, 0) is 14.4 Å². The molecule has 0 radical (unpaired) electrons. The molecule has 0 saturated carbocycles. The number of azo groups is 1. The first-order chi connectivity index (χ1) is 11.4. The van der Waals surface area contributed by atoms with Gasteiger partial charge in [0.05, 0.1) is 5.75 Å². The highest BCUT2D eigenvalue weighted by molar-refractivity contribution is 8.14. The molecule has 0 spiro atoms. The maximum atomic E-state index is 11.8. The molecule has 0 aromatic heterocycles. The molecule has 1 unspecified atom stereocenters. The summed E-state index contributed by atoms with van der Waals surface area (Å²) in [7, 11) is 0. The van der Waals surface area contributed by atoms with Gasteiger partial charge in [0.15, 0.2) is 6.04 Å². The Bertz CT molecular complexity index is 722. The predicted molar refractivity (Wildman–Crippen MR) is 90.5 cm³/mol. The Morgan fingerprint density at radius 3 is 2.83 bits per heavy atom. The van der Waals surface area contributed by atoms with Crippen LogP contribution in [0.15, 0.2) is 39.5 Å². The second kappa shape index (κ2) is 8.55. The van der Waals surface area contributed by atoms with Gasteiger partial charge in [-0.15, -0.1) is 5.11 Å². The lowest BCUT2D eigenvalue weighted by Crippen LogP contribution is -2.22. The Morgan fingerprint density at radius 1 is 1.38 bits per heavy atom. The summed E-state index contributed by atoms with van der Waals surface area (Å²) in [4.78, 5) is 37.8. The standard InChI is InChI=1S/C14H13ClN4O4S/c15-8-2-1-3-9(6-8)16-11(20)7-24-14-17-13(23)10(18-19-14)4-5-12(21)22/h1-3,6,10H,4-5,7H2,(H,16,20)(H,21,22). The number of rotatable bonds is 6. The van der Waals surface area contributed by atoms with Gasteiger partial charge >= 0.3 is 5.97 Å². The van der Waals surface area contributed by atoms with E-state index in [9.17, 15) is 14.4 Å². The van der Waals surface area contributed by atoms with Crippen molar-refractivity contribution >= 4 is 52.0 Å². The topological polar surface area (TPSA) is 121 Å². The molecule has 10 heteroatoms. The highest BCUT2D eigenvalue weighted by Crippen LogP contribution is 2.18. The second-order valence-electron chi connectivity index (χ2n) is 4.74. The Balaban J connectivity index is 1.81. The summed E-state index contributed by atoms with van der Waals surface area (Å²) >= 11 is 6.79. The zero-order valence-electron chi connectivity index (χ0n) is 12.3. The number of hydrogen-bond acceptors (Lipinski definition) is 6. The minimum Gasteiger partial charge on any atom is -0.481 e. The van der Waals surface area contributed by atoms with Crippen LogP contribution < -0.4 is 5.32 Å². The smallest absolute Gasteiger partial charge is 0.303 e. The number of carbonyl (C=O) groups excluding carboxylic acids is 2. The number of halogens is 1. The van der Waals surface area contributed by atoms with Crippen molar-refractivity contribution in [2.24, 2.45) is 15.2 Å². The maximum Gasteiger partial charge on any atom is 0.303 e. The first-order valence-corrected chi connectivity index (χ1v) is 8.24. The van der Waals surface area contributed by atoms with Crippen LogP contribution in [0.5, 0.6) is 0 Å². The summed E-state index contributed by atoms with van der Waals surface area (Å²) in [6, 6.07) is 5.84. The number of carboxylic acids is 1. The minimum atomic E-state index is -1.01. The molecular formula is C14H13ClN4O4S. The number of benzene rings is 1. The van der Waals surface area contributed by atoms with Gasteiger partial charge in [-0.05, 0) is 24.6 Å². The average Bonchev–Trinajstić information content (AvgIpc) is 2.52. The van der Waals surface area contributed by atoms with Crippen LogP contribution in [0.1, 0.15) is 12.8 Å². The molecule has 1 aromatic carbocycles. The Kier molecular flexibility index (Phi) is 6.44. The van der Waals surface area contributed by atoms with E-state index in [1.807, 2.05) is 0 Å². The summed E-state index contributed by atoms with van der Waals surface area (Å²) in [5.74, 6) is -1.87. The quantitative estimate of drug-likeness (QED) is 0.799. The summed E-state index contributed by atoms with van der Waals surface area (Å²) in [6.07, 6.45) is -0.135. The SMILES string of the molecule is O=C(O)CCC1N=NC(SCC(=O)Nc2cccc(Cl)c2)=NC1=O. The third-order valence-corrected chi connectivity index (χ3v) is 3.92. The normalized spacial score (nSPS) is 16.6. The molecule has 2 rings (SSSR count). The van der Waals surface area contributed by atoms with Crippen molar-refractivity contribution in [1.82, 2.24) is 0 Å². The average molecular weight is 369 g/mol. The van der Waals surface area contributed by atoms with E-state index >= 15 is 0 Å². The van der Waals surface area contributed by atoms with Gasteiger partial charge in [-0.25, -0.2) is 0 Å². The van der Waals surface area contributed by atoms with E-state index in [4.69, 9.17) is 16.7 Å². The number of nitrogens with zero attached hydrogens (tertiary/aromatic N) is 3. The highest BCUT2D eigenvalue weighted by Gasteiger charge is 2.23. The third kappa shape index (κ3) is 5.74. The molecular weight excluding hydrogens is 356 g/mol. The van der Waals surface area contributed by atoms with Crippen molar-refractivity contribution in [1.29, 1.82) is 0 Å². The summed E-state index contributed by atoms with van der Waals surface area (Å²) in [5.41, 5.74) is 0.560. The number of nitrogens with one attached hydrogen (secondary N) is 1. The van der Waals surface area contributed by atoms with E-state index < -0.39 is 17.9 Å². The molecule has 24 heavy (non-hydrogen) atoms. The Morgan fingerprint density at radius 2 is 2.17 bits per heavy atom. The van der Waals surface area contributed by atoms with E-state index in [1.165, 1.54) is 0 Å². The molecule has 2 amide bonds. The van der Waals surface area contributed by atoms with Crippen LogP contribution in [0.2, 0.25) is 5.02 Å². The molecule has 2 N–H and O–H groups in total. The largest absolute Gasteiger partial charge is 0.481 e. The molecule has 126 valence electrons. The molecule has 1 aliphatic rings. The molecule has 0 saturated heterocycles. The monoisotopic (exact) mass is 368 g/mol. The van der Waals surface area contributed by atoms with Crippen molar-refractivity contribution in [3.8, 4) is 0 Å². The zero-order chi connectivity index (χ0) is 17.5. The van der Waals surface area contributed by atoms with Gasteiger partial charge in [0.1, 0.15) is 0 Å². The number of carbonyl (C=O) groups is 3. The minimum absolute atomic E-state index is 0.00254. The number of aliphatic carboxylic acids is 1. The van der Waals surface area contributed by atoms with E-state index in [0.29, 0.717) is 10.7 Å². The number of amides is 2. The second-order valence-corrected chi connectivity index (χ2v) is 6.12. The van der Waals surface area contributed by atoms with Gasteiger partial charge in [-0.3, -0.25) is 14.4 Å². The van der Waals surface area contributed by atoms with Crippen LogP contribution >= 0.6 is 23.4 Å². The van der Waals surface area contributed by atoms with Gasteiger partial charge in [0.2, 0.25) is 11.1 Å². The fourth-order valence-electron chi connectivity index (χ4n) is 1.76. The Hall–Kier alpha value is -2.26. The lowest BCUT2D eigenvalue weighted by molar-refractivity contribution is -0.137. The van der Waals surface area contributed by atoms with Crippen molar-refractivity contribution in [2.45, 2.75) is 18.9 Å². The number of amidine groups is 1. The number of aliphatic imine (C=N–C) groups is 1. The lowest BCUT2D eigenvalue weighted by atomic mass is 10.1. The van der Waals surface area contributed by atoms with Gasteiger partial charge < -0.3 is 10.4 Å². The Labute approximate surface area is 146 Å². The first kappa shape index (κ1) is 18.1. The molecule has 8 nitrogen and oxygen atoms in total. The summed E-state index contributed by atoms with van der Waals surface area (Å²) < 4.78 is 0. The van der Waals surface area contributed by atoms with Crippen molar-refractivity contribution in [3.63, 3.8) is 0 Å². The van der Waals surface area contributed by atoms with Crippen molar-refractivity contribution in [2.75, 3.05) is 11.1 Å². The van der Waals surface area contributed by atoms with Crippen LogP contribution in [0.4, 0.5) is 5.69 Å². The van der Waals surface area contributed by atoms with E-state index in [-0.39, 0.29) is 29.7 Å². The lowest BCUT2D eigenvalue weighted by Gasteiger charge is -2.11. The van der Waals surface area contributed by atoms with Crippen molar-refractivity contribution in [3.05, 3.63) is 29.3 Å². The van der Waals surface area contributed by atoms with Gasteiger partial charge in [0.25, 0.3) is 5.91 Å². The summed E-state index contributed by atoms with van der Waals surface area (Å²) in [6.45, 7) is 0. The molecule has 1 aromatic rings. The number of hydrogen-bond donors (Lipinski definition) is 2. The van der Waals surface area contributed by atoms with Gasteiger partial charge in [-0.2, -0.15) is 10.1 Å². The number of thioether (sulfide) groups is 1. The number of anilines is 1. The van der Waals surface area contributed by atoms with E-state index in [1.54, 1.807) is 24.3 Å². The first-order valence-electron chi connectivity index (χ1n) is 6.87.